The highest BCUT2D eigenvalue weighted by atomic mass is 35.5. The first-order valence-electron chi connectivity index (χ1n) is 7.98. The molecule has 0 fully saturated rings. The van der Waals surface area contributed by atoms with Gasteiger partial charge in [-0.05, 0) is 57.7 Å². The molecule has 0 spiro atoms. The second-order valence-electron chi connectivity index (χ2n) is 7.03. The summed E-state index contributed by atoms with van der Waals surface area (Å²) in [7, 11) is 0. The van der Waals surface area contributed by atoms with Crippen LogP contribution in [0.25, 0.3) is 10.9 Å². The lowest BCUT2D eigenvalue weighted by atomic mass is 10.1. The highest BCUT2D eigenvalue weighted by Gasteiger charge is 2.31. The fourth-order valence-corrected chi connectivity index (χ4v) is 3.56. The van der Waals surface area contributed by atoms with E-state index in [-0.39, 0.29) is 5.78 Å². The van der Waals surface area contributed by atoms with Crippen LogP contribution in [0.1, 0.15) is 56.1 Å². The number of aryl methyl sites for hydroxylation is 1. The lowest BCUT2D eigenvalue weighted by molar-refractivity contribution is 0.0535. The van der Waals surface area contributed by atoms with Gasteiger partial charge < -0.3 is 4.74 Å². The Morgan fingerprint density at radius 2 is 1.83 bits per heavy atom. The summed E-state index contributed by atoms with van der Waals surface area (Å²) in [5, 5.41) is 1.47. The van der Waals surface area contributed by atoms with Crippen molar-refractivity contribution in [2.45, 2.75) is 52.1 Å². The van der Waals surface area contributed by atoms with Crippen LogP contribution in [-0.4, -0.2) is 22.0 Å². The number of rotatable bonds is 0. The molecule has 1 aromatic carbocycles. The second-order valence-corrected chi connectivity index (χ2v) is 7.81. The molecule has 1 aromatic heterocycles. The summed E-state index contributed by atoms with van der Waals surface area (Å²) < 4.78 is 6.88. The van der Waals surface area contributed by atoms with E-state index in [4.69, 9.17) is 27.9 Å². The Morgan fingerprint density at radius 3 is 2.50 bits per heavy atom. The number of ether oxygens (including phenoxy) is 1. The van der Waals surface area contributed by atoms with Crippen molar-refractivity contribution in [3.8, 4) is 0 Å². The normalized spacial score (nSPS) is 15.3. The van der Waals surface area contributed by atoms with E-state index >= 15 is 0 Å². The van der Waals surface area contributed by atoms with E-state index in [1.807, 2.05) is 0 Å². The van der Waals surface area contributed by atoms with E-state index in [1.165, 1.54) is 4.57 Å². The summed E-state index contributed by atoms with van der Waals surface area (Å²) in [6, 6.07) is 3.35. The van der Waals surface area contributed by atoms with Crippen molar-refractivity contribution >= 4 is 46.0 Å². The van der Waals surface area contributed by atoms with Crippen molar-refractivity contribution in [1.82, 2.24) is 4.57 Å². The number of Topliss-reactive ketones (excluding diaryl/α,β-unsaturated/α-hetero) is 1. The number of ketones is 1. The van der Waals surface area contributed by atoms with Gasteiger partial charge in [0.15, 0.2) is 5.78 Å². The minimum absolute atomic E-state index is 0.0586. The van der Waals surface area contributed by atoms with Crippen molar-refractivity contribution in [2.24, 2.45) is 0 Å². The molecule has 0 atom stereocenters. The highest BCUT2D eigenvalue weighted by Crippen LogP contribution is 2.39. The molecule has 0 saturated carbocycles. The Balaban J connectivity index is 2.33. The van der Waals surface area contributed by atoms with Gasteiger partial charge in [-0.2, -0.15) is 0 Å². The number of benzene rings is 1. The molecule has 3 rings (SSSR count). The highest BCUT2D eigenvalue weighted by molar-refractivity contribution is 6.45. The van der Waals surface area contributed by atoms with E-state index in [2.05, 4.69) is 0 Å². The summed E-state index contributed by atoms with van der Waals surface area (Å²) >= 11 is 12.6. The van der Waals surface area contributed by atoms with Gasteiger partial charge >= 0.3 is 6.09 Å². The maximum atomic E-state index is 12.8. The van der Waals surface area contributed by atoms with Gasteiger partial charge in [-0.15, -0.1) is 0 Å². The fraction of sp³-hybridized carbons (Fsp3) is 0.444. The van der Waals surface area contributed by atoms with E-state index in [0.717, 1.165) is 18.4 Å². The van der Waals surface area contributed by atoms with Crippen molar-refractivity contribution in [2.75, 3.05) is 0 Å². The molecule has 4 nitrogen and oxygen atoms in total. The third kappa shape index (κ3) is 2.93. The third-order valence-corrected chi connectivity index (χ3v) is 4.85. The Labute approximate surface area is 150 Å². The zero-order valence-electron chi connectivity index (χ0n) is 13.9. The molecule has 1 heterocycles. The van der Waals surface area contributed by atoms with Crippen LogP contribution in [0.2, 0.25) is 10.0 Å². The van der Waals surface area contributed by atoms with Crippen LogP contribution in [-0.2, 0) is 11.2 Å². The van der Waals surface area contributed by atoms with Gasteiger partial charge in [-0.1, -0.05) is 23.2 Å². The quantitative estimate of drug-likeness (QED) is 0.566. The molecule has 2 aromatic rings. The van der Waals surface area contributed by atoms with Gasteiger partial charge in [0.1, 0.15) is 5.60 Å². The predicted octanol–water partition coefficient (Wildman–Crippen LogP) is 5.64. The number of carbonyl (C=O) groups is 2. The van der Waals surface area contributed by atoms with Gasteiger partial charge in [-0.3, -0.25) is 4.79 Å². The van der Waals surface area contributed by atoms with E-state index in [1.54, 1.807) is 32.9 Å². The Kier molecular flexibility index (Phi) is 4.39. The summed E-state index contributed by atoms with van der Waals surface area (Å²) in [6.07, 6.45) is 2.20. The number of carbonyl (C=O) groups excluding carboxylic acids is 2. The molecule has 0 saturated heterocycles. The standard InChI is InChI=1S/C18H19Cl2NO3/c1-18(2,3)24-17(23)21-12-9-8-11(19)15(20)14(12)10-6-4-5-7-13(22)16(10)21/h8-9H,4-7H2,1-3H3. The first kappa shape index (κ1) is 17.3. The lowest BCUT2D eigenvalue weighted by Crippen LogP contribution is -2.29. The molecule has 0 amide bonds. The van der Waals surface area contributed by atoms with Crippen molar-refractivity contribution in [1.29, 1.82) is 0 Å². The number of hydrogen-bond acceptors (Lipinski definition) is 3. The summed E-state index contributed by atoms with van der Waals surface area (Å²) in [6.45, 7) is 5.38. The Bertz CT molecular complexity index is 846. The van der Waals surface area contributed by atoms with Gasteiger partial charge in [-0.25, -0.2) is 9.36 Å². The zero-order chi connectivity index (χ0) is 17.6. The molecular formula is C18H19Cl2NO3. The minimum atomic E-state index is -0.662. The van der Waals surface area contributed by atoms with Crippen LogP contribution in [0.5, 0.6) is 0 Å². The number of halogens is 2. The molecule has 6 heteroatoms. The van der Waals surface area contributed by atoms with Gasteiger partial charge in [0.2, 0.25) is 0 Å². The summed E-state index contributed by atoms with van der Waals surface area (Å²) in [5.41, 5.74) is 1.09. The Morgan fingerprint density at radius 1 is 1.17 bits per heavy atom. The molecule has 128 valence electrons. The molecule has 0 aliphatic heterocycles. The van der Waals surface area contributed by atoms with Crippen LogP contribution < -0.4 is 0 Å². The largest absolute Gasteiger partial charge is 0.443 e. The van der Waals surface area contributed by atoms with Gasteiger partial charge in [0.05, 0.1) is 21.3 Å². The van der Waals surface area contributed by atoms with Crippen LogP contribution in [0.4, 0.5) is 4.79 Å². The monoisotopic (exact) mass is 367 g/mol. The number of fused-ring (bicyclic) bond motifs is 3. The zero-order valence-corrected chi connectivity index (χ0v) is 15.4. The van der Waals surface area contributed by atoms with Crippen molar-refractivity contribution in [3.05, 3.63) is 33.4 Å². The third-order valence-electron chi connectivity index (χ3n) is 4.05. The maximum absolute atomic E-state index is 12.8. The maximum Gasteiger partial charge on any atom is 0.419 e. The molecule has 1 aliphatic rings. The van der Waals surface area contributed by atoms with E-state index in [9.17, 15) is 9.59 Å². The topological polar surface area (TPSA) is 48.3 Å². The van der Waals surface area contributed by atoms with Gasteiger partial charge in [0.25, 0.3) is 0 Å². The van der Waals surface area contributed by atoms with Crippen LogP contribution in [0.15, 0.2) is 12.1 Å². The number of aromatic nitrogens is 1. The summed E-state index contributed by atoms with van der Waals surface area (Å²) in [5.74, 6) is -0.0586. The predicted molar refractivity (Wildman–Crippen MR) is 95.5 cm³/mol. The average molecular weight is 368 g/mol. The van der Waals surface area contributed by atoms with E-state index < -0.39 is 11.7 Å². The average Bonchev–Trinajstić information content (AvgIpc) is 2.69. The smallest absolute Gasteiger partial charge is 0.419 e. The Hall–Kier alpha value is -1.52. The molecule has 0 N–H and O–H groups in total. The SMILES string of the molecule is CC(C)(C)OC(=O)n1c2c(c3c(Cl)c(Cl)ccc31)CCCCC2=O. The lowest BCUT2D eigenvalue weighted by Gasteiger charge is -2.20. The molecule has 24 heavy (non-hydrogen) atoms. The first-order valence-corrected chi connectivity index (χ1v) is 8.74. The fourth-order valence-electron chi connectivity index (χ4n) is 3.13. The molecule has 0 bridgehead atoms. The molecular weight excluding hydrogens is 349 g/mol. The molecule has 0 unspecified atom stereocenters. The van der Waals surface area contributed by atoms with Crippen LogP contribution in [0.3, 0.4) is 0 Å². The van der Waals surface area contributed by atoms with Gasteiger partial charge in [0, 0.05) is 11.8 Å². The second kappa shape index (κ2) is 6.08. The summed E-state index contributed by atoms with van der Waals surface area (Å²) in [4.78, 5) is 25.4. The first-order chi connectivity index (χ1) is 11.2. The van der Waals surface area contributed by atoms with Crippen molar-refractivity contribution in [3.63, 3.8) is 0 Å². The molecule has 1 aliphatic carbocycles. The van der Waals surface area contributed by atoms with E-state index in [0.29, 0.717) is 39.5 Å². The van der Waals surface area contributed by atoms with Crippen LogP contribution in [0, 0.1) is 0 Å². The number of nitrogens with zero attached hydrogens (tertiary/aromatic N) is 1. The van der Waals surface area contributed by atoms with Crippen LogP contribution >= 0.6 is 23.2 Å². The molecule has 0 radical (unpaired) electrons. The minimum Gasteiger partial charge on any atom is -0.443 e. The van der Waals surface area contributed by atoms with Crippen molar-refractivity contribution < 1.29 is 14.3 Å². The number of hydrogen-bond donors (Lipinski definition) is 0.